The average Bonchev–Trinajstić information content (AvgIpc) is 2.53. The van der Waals surface area contributed by atoms with Crippen molar-refractivity contribution in [1.82, 2.24) is 0 Å². The van der Waals surface area contributed by atoms with Crippen LogP contribution in [0.5, 0.6) is 5.75 Å². The molecule has 0 aromatic heterocycles. The van der Waals surface area contributed by atoms with Crippen molar-refractivity contribution >= 4 is 17.3 Å². The molecule has 1 unspecified atom stereocenters. The number of hydrogen-bond acceptors (Lipinski definition) is 4. The number of fused-ring (bicyclic) bond motifs is 1. The fourth-order valence-electron chi connectivity index (χ4n) is 2.72. The van der Waals surface area contributed by atoms with E-state index in [1.54, 1.807) is 13.0 Å². The number of carboxylic acid groups (broad SMARTS) is 1. The van der Waals surface area contributed by atoms with Gasteiger partial charge < -0.3 is 20.5 Å². The summed E-state index contributed by atoms with van der Waals surface area (Å²) in [5.41, 5.74) is 8.73. The minimum absolute atomic E-state index is 0.0886. The Hall–Kier alpha value is -2.53. The molecule has 0 radical (unpaired) electrons. The second kappa shape index (κ2) is 5.69. The quantitative estimate of drug-likeness (QED) is 0.910. The molecule has 0 bridgehead atoms. The maximum atomic E-state index is 11.2. The highest BCUT2D eigenvalue weighted by Gasteiger charge is 2.26. The van der Waals surface area contributed by atoms with Gasteiger partial charge in [0.1, 0.15) is 11.9 Å². The molecule has 0 amide bonds. The summed E-state index contributed by atoms with van der Waals surface area (Å²) in [6, 6.07) is 13.1. The van der Waals surface area contributed by atoms with Crippen LogP contribution in [0, 0.1) is 6.92 Å². The van der Waals surface area contributed by atoms with Crippen LogP contribution in [0.3, 0.4) is 0 Å². The van der Waals surface area contributed by atoms with Crippen molar-refractivity contribution in [2.24, 2.45) is 5.73 Å². The van der Waals surface area contributed by atoms with Crippen LogP contribution < -0.4 is 15.4 Å². The van der Waals surface area contributed by atoms with Crippen LogP contribution in [-0.4, -0.2) is 30.3 Å². The zero-order chi connectivity index (χ0) is 15.7. The monoisotopic (exact) mass is 298 g/mol. The summed E-state index contributed by atoms with van der Waals surface area (Å²) in [5, 5.41) is 9.15. The summed E-state index contributed by atoms with van der Waals surface area (Å²) in [7, 11) is 0. The number of anilines is 2. The summed E-state index contributed by atoms with van der Waals surface area (Å²) >= 11 is 0. The Balaban J connectivity index is 2.04. The van der Waals surface area contributed by atoms with Crippen molar-refractivity contribution in [3.05, 3.63) is 53.6 Å². The SMILES string of the molecule is Cc1cc(N2CC(CN)Oc3ccccc32)ccc1C(=O)O. The van der Waals surface area contributed by atoms with Gasteiger partial charge >= 0.3 is 5.97 Å². The van der Waals surface area contributed by atoms with E-state index in [1.807, 2.05) is 36.4 Å². The van der Waals surface area contributed by atoms with Crippen LogP contribution in [0.15, 0.2) is 42.5 Å². The van der Waals surface area contributed by atoms with E-state index in [1.165, 1.54) is 0 Å². The third-order valence-corrected chi connectivity index (χ3v) is 3.85. The van der Waals surface area contributed by atoms with Gasteiger partial charge in [-0.05, 0) is 42.8 Å². The van der Waals surface area contributed by atoms with Crippen molar-refractivity contribution in [2.75, 3.05) is 18.0 Å². The van der Waals surface area contributed by atoms with Crippen molar-refractivity contribution in [1.29, 1.82) is 0 Å². The van der Waals surface area contributed by atoms with E-state index >= 15 is 0 Å². The molecule has 1 atom stereocenters. The van der Waals surface area contributed by atoms with Crippen molar-refractivity contribution < 1.29 is 14.6 Å². The number of benzene rings is 2. The van der Waals surface area contributed by atoms with Gasteiger partial charge in [-0.25, -0.2) is 4.79 Å². The first-order valence-electron chi connectivity index (χ1n) is 7.17. The fraction of sp³-hybridized carbons (Fsp3) is 0.235. The van der Waals surface area contributed by atoms with Gasteiger partial charge in [-0.3, -0.25) is 0 Å². The lowest BCUT2D eigenvalue weighted by Crippen LogP contribution is -2.41. The van der Waals surface area contributed by atoms with Gasteiger partial charge in [0.05, 0.1) is 17.8 Å². The molecule has 0 saturated carbocycles. The van der Waals surface area contributed by atoms with Gasteiger partial charge in [-0.2, -0.15) is 0 Å². The molecule has 114 valence electrons. The summed E-state index contributed by atoms with van der Waals surface area (Å²) in [5.74, 6) is -0.115. The maximum absolute atomic E-state index is 11.2. The standard InChI is InChI=1S/C17H18N2O3/c1-11-8-12(6-7-14(11)17(20)21)19-10-13(9-18)22-16-5-3-2-4-15(16)19/h2-8,13H,9-10,18H2,1H3,(H,20,21). The molecular formula is C17H18N2O3. The molecule has 0 saturated heterocycles. The largest absolute Gasteiger partial charge is 0.485 e. The molecular weight excluding hydrogens is 280 g/mol. The Morgan fingerprint density at radius 1 is 1.36 bits per heavy atom. The van der Waals surface area contributed by atoms with Gasteiger partial charge in [0, 0.05) is 12.2 Å². The van der Waals surface area contributed by atoms with Gasteiger partial charge in [0.15, 0.2) is 0 Å². The van der Waals surface area contributed by atoms with Crippen molar-refractivity contribution in [3.63, 3.8) is 0 Å². The average molecular weight is 298 g/mol. The normalized spacial score (nSPS) is 16.8. The second-order valence-corrected chi connectivity index (χ2v) is 5.36. The molecule has 2 aromatic carbocycles. The number of nitrogens with zero attached hydrogens (tertiary/aromatic N) is 1. The third kappa shape index (κ3) is 2.51. The predicted molar refractivity (Wildman–Crippen MR) is 85.1 cm³/mol. The van der Waals surface area contributed by atoms with Crippen LogP contribution in [0.2, 0.25) is 0 Å². The number of aromatic carboxylic acids is 1. The smallest absolute Gasteiger partial charge is 0.335 e. The van der Waals surface area contributed by atoms with Crippen LogP contribution >= 0.6 is 0 Å². The molecule has 2 aromatic rings. The zero-order valence-corrected chi connectivity index (χ0v) is 12.3. The zero-order valence-electron chi connectivity index (χ0n) is 12.3. The number of nitrogens with two attached hydrogens (primary N) is 1. The highest BCUT2D eigenvalue weighted by molar-refractivity contribution is 5.90. The van der Waals surface area contributed by atoms with Crippen LogP contribution in [0.1, 0.15) is 15.9 Å². The van der Waals surface area contributed by atoms with Gasteiger partial charge in [0.2, 0.25) is 0 Å². The molecule has 5 heteroatoms. The van der Waals surface area contributed by atoms with Crippen molar-refractivity contribution in [2.45, 2.75) is 13.0 Å². The van der Waals surface area contributed by atoms with Crippen LogP contribution in [0.4, 0.5) is 11.4 Å². The lowest BCUT2D eigenvalue weighted by molar-refractivity contribution is 0.0696. The Labute approximate surface area is 128 Å². The van der Waals surface area contributed by atoms with Crippen LogP contribution in [-0.2, 0) is 0 Å². The highest BCUT2D eigenvalue weighted by atomic mass is 16.5. The van der Waals surface area contributed by atoms with Gasteiger partial charge in [-0.15, -0.1) is 0 Å². The lowest BCUT2D eigenvalue weighted by Gasteiger charge is -2.36. The summed E-state index contributed by atoms with van der Waals surface area (Å²) in [6.07, 6.45) is -0.0886. The molecule has 0 fully saturated rings. The molecule has 0 spiro atoms. The number of rotatable bonds is 3. The van der Waals surface area contributed by atoms with Crippen LogP contribution in [0.25, 0.3) is 0 Å². The molecule has 1 aliphatic rings. The predicted octanol–water partition coefficient (Wildman–Crippen LogP) is 2.55. The van der Waals surface area contributed by atoms with E-state index in [0.29, 0.717) is 18.7 Å². The van der Waals surface area contributed by atoms with Gasteiger partial charge in [-0.1, -0.05) is 12.1 Å². The molecule has 0 aliphatic carbocycles. The topological polar surface area (TPSA) is 75.8 Å². The van der Waals surface area contributed by atoms with E-state index in [9.17, 15) is 4.79 Å². The first-order chi connectivity index (χ1) is 10.6. The lowest BCUT2D eigenvalue weighted by atomic mass is 10.1. The number of carboxylic acids is 1. The molecule has 3 N–H and O–H groups in total. The summed E-state index contributed by atoms with van der Waals surface area (Å²) in [6.45, 7) is 2.87. The first kappa shape index (κ1) is 14.4. The van der Waals surface area contributed by atoms with Gasteiger partial charge in [0.25, 0.3) is 0 Å². The molecule has 22 heavy (non-hydrogen) atoms. The second-order valence-electron chi connectivity index (χ2n) is 5.36. The maximum Gasteiger partial charge on any atom is 0.335 e. The summed E-state index contributed by atoms with van der Waals surface area (Å²) in [4.78, 5) is 13.3. The molecule has 1 aliphatic heterocycles. The number of aryl methyl sites for hydroxylation is 1. The number of carbonyl (C=O) groups is 1. The van der Waals surface area contributed by atoms with E-state index in [0.717, 1.165) is 22.7 Å². The fourth-order valence-corrected chi connectivity index (χ4v) is 2.72. The minimum atomic E-state index is -0.911. The number of para-hydroxylation sites is 2. The Morgan fingerprint density at radius 2 is 2.14 bits per heavy atom. The number of ether oxygens (including phenoxy) is 1. The molecule has 1 heterocycles. The first-order valence-corrected chi connectivity index (χ1v) is 7.17. The Morgan fingerprint density at radius 3 is 2.82 bits per heavy atom. The van der Waals surface area contributed by atoms with E-state index < -0.39 is 5.97 Å². The molecule has 3 rings (SSSR count). The summed E-state index contributed by atoms with van der Waals surface area (Å²) < 4.78 is 5.86. The third-order valence-electron chi connectivity index (χ3n) is 3.85. The van der Waals surface area contributed by atoms with Crippen molar-refractivity contribution in [3.8, 4) is 5.75 Å². The van der Waals surface area contributed by atoms with E-state index in [4.69, 9.17) is 15.6 Å². The Kier molecular flexibility index (Phi) is 3.73. The number of hydrogen-bond donors (Lipinski definition) is 2. The van der Waals surface area contributed by atoms with E-state index in [2.05, 4.69) is 4.90 Å². The van der Waals surface area contributed by atoms with E-state index in [-0.39, 0.29) is 6.10 Å². The Bertz CT molecular complexity index is 715. The molecule has 5 nitrogen and oxygen atoms in total. The highest BCUT2D eigenvalue weighted by Crippen LogP contribution is 2.38. The minimum Gasteiger partial charge on any atom is -0.485 e.